The van der Waals surface area contributed by atoms with E-state index in [-0.39, 0.29) is 5.75 Å². The number of halogens is 3. The van der Waals surface area contributed by atoms with E-state index in [9.17, 15) is 21.6 Å². The number of hydrogen-bond acceptors (Lipinski definition) is 3. The second kappa shape index (κ2) is 5.61. The van der Waals surface area contributed by atoms with Crippen LogP contribution in [0, 0.1) is 11.3 Å². The van der Waals surface area contributed by atoms with E-state index in [1.54, 1.807) is 6.92 Å². The molecular weight excluding hydrogens is 279 g/mol. The van der Waals surface area contributed by atoms with Crippen molar-refractivity contribution in [2.75, 3.05) is 5.75 Å². The molecule has 104 valence electrons. The van der Waals surface area contributed by atoms with Crippen molar-refractivity contribution in [3.63, 3.8) is 0 Å². The first-order chi connectivity index (χ1) is 8.72. The number of nitrogens with zero attached hydrogens (tertiary/aromatic N) is 1. The fourth-order valence-electron chi connectivity index (χ4n) is 1.50. The van der Waals surface area contributed by atoms with Gasteiger partial charge < -0.3 is 0 Å². The third-order valence-corrected chi connectivity index (χ3v) is 4.34. The molecule has 1 aromatic carbocycles. The maximum absolute atomic E-state index is 12.7. The zero-order valence-electron chi connectivity index (χ0n) is 10.2. The third kappa shape index (κ3) is 3.70. The van der Waals surface area contributed by atoms with Crippen LogP contribution in [0.1, 0.15) is 30.9 Å². The van der Waals surface area contributed by atoms with Crippen LogP contribution in [-0.2, 0) is 16.0 Å². The molecule has 0 amide bonds. The molecule has 1 rings (SSSR count). The van der Waals surface area contributed by atoms with E-state index in [0.717, 1.165) is 12.1 Å². The van der Waals surface area contributed by atoms with Crippen LogP contribution in [0.3, 0.4) is 0 Å². The van der Waals surface area contributed by atoms with Crippen LogP contribution in [-0.4, -0.2) is 14.2 Å². The lowest BCUT2D eigenvalue weighted by Crippen LogP contribution is -2.12. The summed E-state index contributed by atoms with van der Waals surface area (Å²) >= 11 is 0. The first-order valence-corrected chi connectivity index (χ1v) is 7.21. The molecule has 0 aliphatic rings. The van der Waals surface area contributed by atoms with Crippen molar-refractivity contribution in [2.45, 2.75) is 30.8 Å². The molecule has 0 aromatic heterocycles. The Morgan fingerprint density at radius 2 is 1.95 bits per heavy atom. The Bertz CT molecular complexity index is 600. The summed E-state index contributed by atoms with van der Waals surface area (Å²) in [6.07, 6.45) is -3.74. The highest BCUT2D eigenvalue weighted by Crippen LogP contribution is 2.33. The minimum absolute atomic E-state index is 0.202. The van der Waals surface area contributed by atoms with E-state index in [0.29, 0.717) is 18.9 Å². The largest absolute Gasteiger partial charge is 0.417 e. The number of rotatable bonds is 4. The monoisotopic (exact) mass is 291 g/mol. The molecule has 3 nitrogen and oxygen atoms in total. The normalized spacial score (nSPS) is 12.2. The van der Waals surface area contributed by atoms with Crippen molar-refractivity contribution in [2.24, 2.45) is 0 Å². The van der Waals surface area contributed by atoms with Crippen LogP contribution in [0.25, 0.3) is 0 Å². The van der Waals surface area contributed by atoms with E-state index < -0.39 is 32.0 Å². The maximum Gasteiger partial charge on any atom is 0.417 e. The number of nitriles is 1. The van der Waals surface area contributed by atoms with E-state index >= 15 is 0 Å². The Kier molecular flexibility index (Phi) is 4.58. The van der Waals surface area contributed by atoms with E-state index in [1.807, 2.05) is 0 Å². The van der Waals surface area contributed by atoms with Crippen molar-refractivity contribution >= 4 is 9.84 Å². The molecule has 0 N–H and O–H groups in total. The lowest BCUT2D eigenvalue weighted by Gasteiger charge is -2.11. The van der Waals surface area contributed by atoms with Crippen molar-refractivity contribution in [3.05, 3.63) is 29.3 Å². The van der Waals surface area contributed by atoms with Gasteiger partial charge in [0, 0.05) is 0 Å². The summed E-state index contributed by atoms with van der Waals surface area (Å²) in [4.78, 5) is -0.396. The lowest BCUT2D eigenvalue weighted by molar-refractivity contribution is -0.137. The SMILES string of the molecule is CCCCS(=O)(=O)c1ccc(C#N)c(C(F)(F)F)c1. The lowest BCUT2D eigenvalue weighted by atomic mass is 10.1. The summed E-state index contributed by atoms with van der Waals surface area (Å²) in [6.45, 7) is 1.79. The molecule has 0 fully saturated rings. The van der Waals surface area contributed by atoms with Crippen LogP contribution >= 0.6 is 0 Å². The standard InChI is InChI=1S/C12H12F3NO2S/c1-2-3-6-19(17,18)10-5-4-9(8-16)11(7-10)12(13,14)15/h4-5,7H,2-3,6H2,1H3. The fourth-order valence-corrected chi connectivity index (χ4v) is 2.98. The Morgan fingerprint density at radius 3 is 2.42 bits per heavy atom. The van der Waals surface area contributed by atoms with Crippen molar-refractivity contribution in [1.29, 1.82) is 5.26 Å². The second-order valence-corrected chi connectivity index (χ2v) is 6.10. The highest BCUT2D eigenvalue weighted by molar-refractivity contribution is 7.91. The Labute approximate surface area is 109 Å². The van der Waals surface area contributed by atoms with E-state index in [1.165, 1.54) is 6.07 Å². The van der Waals surface area contributed by atoms with Gasteiger partial charge in [-0.15, -0.1) is 0 Å². The molecule has 0 unspecified atom stereocenters. The average molecular weight is 291 g/mol. The van der Waals surface area contributed by atoms with Gasteiger partial charge in [-0.25, -0.2) is 8.42 Å². The third-order valence-electron chi connectivity index (χ3n) is 2.54. The molecule has 19 heavy (non-hydrogen) atoms. The minimum Gasteiger partial charge on any atom is -0.224 e. The number of alkyl halides is 3. The first-order valence-electron chi connectivity index (χ1n) is 5.56. The van der Waals surface area contributed by atoms with Crippen LogP contribution in [0.5, 0.6) is 0 Å². The van der Waals surface area contributed by atoms with Gasteiger partial charge in [-0.1, -0.05) is 13.3 Å². The van der Waals surface area contributed by atoms with Gasteiger partial charge in [-0.05, 0) is 24.6 Å². The summed E-state index contributed by atoms with van der Waals surface area (Å²) in [5.41, 5.74) is -1.80. The van der Waals surface area contributed by atoms with Gasteiger partial charge in [0.15, 0.2) is 9.84 Å². The minimum atomic E-state index is -4.75. The van der Waals surface area contributed by atoms with Gasteiger partial charge in [0.1, 0.15) is 0 Å². The number of benzene rings is 1. The molecule has 0 saturated carbocycles. The highest BCUT2D eigenvalue weighted by atomic mass is 32.2. The van der Waals surface area contributed by atoms with Crippen molar-refractivity contribution < 1.29 is 21.6 Å². The number of sulfone groups is 1. The molecular formula is C12H12F3NO2S. The van der Waals surface area contributed by atoms with Crippen LogP contribution in [0.2, 0.25) is 0 Å². The van der Waals surface area contributed by atoms with Crippen LogP contribution in [0.15, 0.2) is 23.1 Å². The number of hydrogen-bond donors (Lipinski definition) is 0. The van der Waals surface area contributed by atoms with Gasteiger partial charge in [0.05, 0.1) is 27.8 Å². The van der Waals surface area contributed by atoms with Gasteiger partial charge >= 0.3 is 6.18 Å². The molecule has 0 saturated heterocycles. The molecule has 0 aliphatic heterocycles. The zero-order chi connectivity index (χ0) is 14.7. The van der Waals surface area contributed by atoms with Crippen molar-refractivity contribution in [3.8, 4) is 6.07 Å². The topological polar surface area (TPSA) is 57.9 Å². The van der Waals surface area contributed by atoms with Gasteiger partial charge in [-0.3, -0.25) is 0 Å². The first kappa shape index (κ1) is 15.5. The Balaban J connectivity index is 3.31. The van der Waals surface area contributed by atoms with Gasteiger partial charge in [0.2, 0.25) is 0 Å². The quantitative estimate of drug-likeness (QED) is 0.856. The maximum atomic E-state index is 12.7. The summed E-state index contributed by atoms with van der Waals surface area (Å²) in [7, 11) is -3.74. The second-order valence-electron chi connectivity index (χ2n) is 3.99. The number of unbranched alkanes of at least 4 members (excludes halogenated alkanes) is 1. The average Bonchev–Trinajstić information content (AvgIpc) is 2.34. The molecule has 7 heteroatoms. The molecule has 0 heterocycles. The molecule has 0 aliphatic carbocycles. The van der Waals surface area contributed by atoms with Gasteiger partial charge in [0.25, 0.3) is 0 Å². The van der Waals surface area contributed by atoms with E-state index in [4.69, 9.17) is 5.26 Å². The molecule has 0 atom stereocenters. The Hall–Kier alpha value is -1.55. The summed E-state index contributed by atoms with van der Waals surface area (Å²) in [5, 5.41) is 8.62. The van der Waals surface area contributed by atoms with Crippen LogP contribution < -0.4 is 0 Å². The summed E-state index contributed by atoms with van der Waals surface area (Å²) in [6, 6.07) is 3.87. The van der Waals surface area contributed by atoms with E-state index in [2.05, 4.69) is 0 Å². The van der Waals surface area contributed by atoms with Gasteiger partial charge in [-0.2, -0.15) is 18.4 Å². The molecule has 0 spiro atoms. The fraction of sp³-hybridized carbons (Fsp3) is 0.417. The van der Waals surface area contributed by atoms with Crippen molar-refractivity contribution in [1.82, 2.24) is 0 Å². The predicted molar refractivity (Wildman–Crippen MR) is 63.1 cm³/mol. The zero-order valence-corrected chi connectivity index (χ0v) is 11.0. The predicted octanol–water partition coefficient (Wildman–Crippen LogP) is 3.15. The summed E-state index contributed by atoms with van der Waals surface area (Å²) in [5.74, 6) is -0.202. The smallest absolute Gasteiger partial charge is 0.224 e. The Morgan fingerprint density at radius 1 is 1.32 bits per heavy atom. The molecule has 0 bridgehead atoms. The molecule has 1 aromatic rings. The highest BCUT2D eigenvalue weighted by Gasteiger charge is 2.34. The molecule has 0 radical (unpaired) electrons. The summed E-state index contributed by atoms with van der Waals surface area (Å²) < 4.78 is 61.8. The van der Waals surface area contributed by atoms with Crippen LogP contribution in [0.4, 0.5) is 13.2 Å².